The van der Waals surface area contributed by atoms with Gasteiger partial charge in [-0.3, -0.25) is 4.79 Å². The minimum atomic E-state index is -0.728. The number of benzene rings is 2. The molecule has 0 fully saturated rings. The van der Waals surface area contributed by atoms with E-state index in [1.807, 2.05) is 18.2 Å². The average Bonchev–Trinajstić information content (AvgIpc) is 2.88. The maximum Gasteiger partial charge on any atom is 0.318 e. The molecule has 0 saturated heterocycles. The smallest absolute Gasteiger partial charge is 0.318 e. The Morgan fingerprint density at radius 2 is 2.06 bits per heavy atom. The molecule has 1 aromatic heterocycles. The molecule has 0 spiro atoms. The zero-order chi connectivity index (χ0) is 25.2. The molecule has 3 heterocycles. The monoisotopic (exact) mass is 510 g/mol. The van der Waals surface area contributed by atoms with Gasteiger partial charge in [-0.05, 0) is 59.9 Å². The third-order valence-corrected chi connectivity index (χ3v) is 6.61. The second-order valence-electron chi connectivity index (χ2n) is 8.74. The van der Waals surface area contributed by atoms with Crippen molar-refractivity contribution >= 4 is 40.9 Å². The van der Waals surface area contributed by atoms with E-state index >= 15 is 0 Å². The Bertz CT molecular complexity index is 1340. The van der Waals surface area contributed by atoms with Gasteiger partial charge in [0, 0.05) is 30.5 Å². The molecule has 3 aromatic rings. The van der Waals surface area contributed by atoms with Gasteiger partial charge in [0.15, 0.2) is 0 Å². The number of aromatic nitrogens is 2. The highest BCUT2D eigenvalue weighted by molar-refractivity contribution is 6.30. The SMILES string of the molecule is O=C1CCc2cc(Nc3ncc4c(n3)CN(C(=O)NC(CO)c3ccc(F)c(Cl)c3)CC4)ccc2N1. The van der Waals surface area contributed by atoms with Gasteiger partial charge < -0.3 is 26.0 Å². The van der Waals surface area contributed by atoms with Gasteiger partial charge in [-0.25, -0.2) is 19.2 Å². The summed E-state index contributed by atoms with van der Waals surface area (Å²) in [6.07, 6.45) is 3.48. The fourth-order valence-electron chi connectivity index (χ4n) is 4.33. The first-order valence-electron chi connectivity index (χ1n) is 11.6. The van der Waals surface area contributed by atoms with Crippen LogP contribution >= 0.6 is 11.6 Å². The number of fused-ring (bicyclic) bond motifs is 2. The molecule has 2 aliphatic rings. The summed E-state index contributed by atoms with van der Waals surface area (Å²) in [6, 6.07) is 8.64. The Morgan fingerprint density at radius 1 is 1.19 bits per heavy atom. The number of rotatable bonds is 5. The first kappa shape index (κ1) is 24.0. The number of aliphatic hydroxyl groups excluding tert-OH is 1. The van der Waals surface area contributed by atoms with Crippen molar-refractivity contribution < 1.29 is 19.1 Å². The molecule has 5 rings (SSSR count). The third-order valence-electron chi connectivity index (χ3n) is 6.32. The highest BCUT2D eigenvalue weighted by atomic mass is 35.5. The number of amides is 3. The van der Waals surface area contributed by atoms with Crippen molar-refractivity contribution in [1.82, 2.24) is 20.2 Å². The first-order chi connectivity index (χ1) is 17.4. The van der Waals surface area contributed by atoms with Crippen LogP contribution in [0.3, 0.4) is 0 Å². The second kappa shape index (κ2) is 10.1. The number of anilines is 3. The molecule has 4 N–H and O–H groups in total. The van der Waals surface area contributed by atoms with Crippen LogP contribution in [0.5, 0.6) is 0 Å². The van der Waals surface area contributed by atoms with E-state index in [0.717, 1.165) is 28.2 Å². The molecule has 186 valence electrons. The van der Waals surface area contributed by atoms with Crippen molar-refractivity contribution in [2.75, 3.05) is 23.8 Å². The number of carbonyl (C=O) groups excluding carboxylic acids is 2. The summed E-state index contributed by atoms with van der Waals surface area (Å²) in [5, 5.41) is 18.6. The number of aryl methyl sites for hydroxylation is 1. The van der Waals surface area contributed by atoms with E-state index in [4.69, 9.17) is 11.6 Å². The van der Waals surface area contributed by atoms with Crippen LogP contribution in [-0.2, 0) is 24.2 Å². The maximum absolute atomic E-state index is 13.5. The number of urea groups is 1. The molecule has 3 amide bonds. The lowest BCUT2D eigenvalue weighted by molar-refractivity contribution is -0.116. The van der Waals surface area contributed by atoms with Gasteiger partial charge in [0.05, 0.1) is 29.9 Å². The molecule has 11 heteroatoms. The van der Waals surface area contributed by atoms with Crippen LogP contribution in [0, 0.1) is 5.82 Å². The Kier molecular flexibility index (Phi) is 6.71. The first-order valence-corrected chi connectivity index (χ1v) is 11.9. The van der Waals surface area contributed by atoms with Crippen LogP contribution in [-0.4, -0.2) is 45.1 Å². The Morgan fingerprint density at radius 3 is 2.86 bits per heavy atom. The van der Waals surface area contributed by atoms with Crippen molar-refractivity contribution in [3.8, 4) is 0 Å². The quantitative estimate of drug-likeness (QED) is 0.415. The van der Waals surface area contributed by atoms with Crippen molar-refractivity contribution in [3.63, 3.8) is 0 Å². The Hall–Kier alpha value is -3.76. The molecule has 0 bridgehead atoms. The Balaban J connectivity index is 1.26. The van der Waals surface area contributed by atoms with Crippen LogP contribution in [0.15, 0.2) is 42.6 Å². The fourth-order valence-corrected chi connectivity index (χ4v) is 4.52. The van der Waals surface area contributed by atoms with Crippen LogP contribution in [0.25, 0.3) is 0 Å². The van der Waals surface area contributed by atoms with Gasteiger partial charge in [-0.1, -0.05) is 17.7 Å². The molecule has 0 saturated carbocycles. The summed E-state index contributed by atoms with van der Waals surface area (Å²) in [5.41, 5.74) is 4.86. The standard InChI is InChI=1S/C25H24ClFN6O3/c26-18-10-15(1-4-19(18)27)22(13-34)32-25(36)33-8-7-16-11-28-24(31-21(16)12-33)29-17-3-5-20-14(9-17)2-6-23(35)30-20/h1,3-5,9-11,22,34H,2,6-8,12-13H2,(H,30,35)(H,32,36)(H,28,29,31). The van der Waals surface area contributed by atoms with Crippen molar-refractivity contribution in [1.29, 1.82) is 0 Å². The number of nitrogens with zero attached hydrogens (tertiary/aromatic N) is 3. The number of aliphatic hydroxyl groups is 1. The van der Waals surface area contributed by atoms with Crippen LogP contribution in [0.1, 0.15) is 34.8 Å². The molecule has 0 radical (unpaired) electrons. The topological polar surface area (TPSA) is 119 Å². The normalized spacial score (nSPS) is 15.4. The molecular formula is C25H24ClFN6O3. The predicted molar refractivity (Wildman–Crippen MR) is 133 cm³/mol. The minimum absolute atomic E-state index is 0.0154. The molecular weight excluding hydrogens is 487 g/mol. The van der Waals surface area contributed by atoms with E-state index in [1.165, 1.54) is 18.2 Å². The number of nitrogens with one attached hydrogen (secondary N) is 3. The largest absolute Gasteiger partial charge is 0.394 e. The highest BCUT2D eigenvalue weighted by Crippen LogP contribution is 2.27. The van der Waals surface area contributed by atoms with Gasteiger partial charge in [-0.15, -0.1) is 0 Å². The lowest BCUT2D eigenvalue weighted by Crippen LogP contribution is -2.45. The van der Waals surface area contributed by atoms with Crippen molar-refractivity contribution in [2.45, 2.75) is 31.8 Å². The minimum Gasteiger partial charge on any atom is -0.394 e. The van der Waals surface area contributed by atoms with Crippen LogP contribution < -0.4 is 16.0 Å². The lowest BCUT2D eigenvalue weighted by Gasteiger charge is -2.30. The van der Waals surface area contributed by atoms with Gasteiger partial charge in [0.2, 0.25) is 11.9 Å². The molecule has 2 aliphatic heterocycles. The average molecular weight is 511 g/mol. The number of carbonyl (C=O) groups is 2. The van der Waals surface area contributed by atoms with E-state index in [1.54, 1.807) is 11.1 Å². The summed E-state index contributed by atoms with van der Waals surface area (Å²) in [5.74, 6) is -0.145. The van der Waals surface area contributed by atoms with Crippen molar-refractivity contribution in [3.05, 3.63) is 75.8 Å². The van der Waals surface area contributed by atoms with E-state index in [2.05, 4.69) is 25.9 Å². The molecule has 1 unspecified atom stereocenters. The summed E-state index contributed by atoms with van der Waals surface area (Å²) in [7, 11) is 0. The number of hydrogen-bond acceptors (Lipinski definition) is 6. The zero-order valence-electron chi connectivity index (χ0n) is 19.2. The van der Waals surface area contributed by atoms with Crippen LogP contribution in [0.4, 0.5) is 26.5 Å². The number of halogens is 2. The summed E-state index contributed by atoms with van der Waals surface area (Å²) >= 11 is 5.85. The molecule has 9 nitrogen and oxygen atoms in total. The van der Waals surface area contributed by atoms with E-state index < -0.39 is 11.9 Å². The van der Waals surface area contributed by atoms with E-state index in [-0.39, 0.29) is 30.1 Å². The van der Waals surface area contributed by atoms with Gasteiger partial charge in [0.25, 0.3) is 0 Å². The fraction of sp³-hybridized carbons (Fsp3) is 0.280. The van der Waals surface area contributed by atoms with Crippen molar-refractivity contribution in [2.24, 2.45) is 0 Å². The predicted octanol–water partition coefficient (Wildman–Crippen LogP) is 3.70. The molecule has 0 aliphatic carbocycles. The third kappa shape index (κ3) is 5.09. The van der Waals surface area contributed by atoms with Crippen LogP contribution in [0.2, 0.25) is 5.02 Å². The van der Waals surface area contributed by atoms with Gasteiger partial charge in [-0.2, -0.15) is 0 Å². The Labute approximate surface area is 211 Å². The second-order valence-corrected chi connectivity index (χ2v) is 9.15. The summed E-state index contributed by atoms with van der Waals surface area (Å²) < 4.78 is 13.5. The maximum atomic E-state index is 13.5. The van der Waals surface area contributed by atoms with Gasteiger partial charge >= 0.3 is 6.03 Å². The zero-order valence-corrected chi connectivity index (χ0v) is 20.0. The summed E-state index contributed by atoms with van der Waals surface area (Å²) in [4.78, 5) is 35.2. The van der Waals surface area contributed by atoms with E-state index in [9.17, 15) is 19.1 Å². The number of hydrogen-bond donors (Lipinski definition) is 4. The molecule has 36 heavy (non-hydrogen) atoms. The molecule has 1 atom stereocenters. The van der Waals surface area contributed by atoms with E-state index in [0.29, 0.717) is 37.3 Å². The molecule has 2 aromatic carbocycles. The summed E-state index contributed by atoms with van der Waals surface area (Å²) in [6.45, 7) is 0.379. The highest BCUT2D eigenvalue weighted by Gasteiger charge is 2.25. The van der Waals surface area contributed by atoms with Gasteiger partial charge in [0.1, 0.15) is 5.82 Å². The lowest BCUT2D eigenvalue weighted by atomic mass is 10.0.